The van der Waals surface area contributed by atoms with Crippen LogP contribution in [0.5, 0.6) is 0 Å². The molecule has 0 aromatic heterocycles. The number of likely N-dealkylation sites (tertiary alicyclic amines) is 1. The van der Waals surface area contributed by atoms with Crippen LogP contribution in [0.15, 0.2) is 24.3 Å². The number of rotatable bonds is 4. The van der Waals surface area contributed by atoms with Crippen molar-refractivity contribution in [1.29, 1.82) is 0 Å². The normalized spacial score (nSPS) is 15.1. The number of hydrogen-bond acceptors (Lipinski definition) is 2. The second-order valence-electron chi connectivity index (χ2n) is 6.09. The molecule has 2 amide bonds. The van der Waals surface area contributed by atoms with E-state index < -0.39 is 5.41 Å². The van der Waals surface area contributed by atoms with Gasteiger partial charge in [-0.25, -0.2) is 0 Å². The van der Waals surface area contributed by atoms with Crippen LogP contribution >= 0.6 is 0 Å². The van der Waals surface area contributed by atoms with Crippen LogP contribution in [0.3, 0.4) is 0 Å². The monoisotopic (exact) mass is 288 g/mol. The second kappa shape index (κ2) is 6.29. The molecule has 0 spiro atoms. The van der Waals surface area contributed by atoms with Gasteiger partial charge in [0.05, 0.1) is 0 Å². The first-order valence-corrected chi connectivity index (χ1v) is 7.65. The molecule has 1 fully saturated rings. The van der Waals surface area contributed by atoms with Gasteiger partial charge in [0.15, 0.2) is 0 Å². The maximum atomic E-state index is 12.5. The van der Waals surface area contributed by atoms with E-state index in [-0.39, 0.29) is 11.8 Å². The highest BCUT2D eigenvalue weighted by atomic mass is 16.2. The van der Waals surface area contributed by atoms with E-state index in [0.717, 1.165) is 43.6 Å². The summed E-state index contributed by atoms with van der Waals surface area (Å²) in [6.45, 7) is 6.99. The molecule has 114 valence electrons. The molecule has 0 saturated carbocycles. The molecule has 0 aliphatic carbocycles. The third-order valence-corrected chi connectivity index (χ3v) is 4.14. The first-order chi connectivity index (χ1) is 9.96. The predicted octanol–water partition coefficient (Wildman–Crippen LogP) is 2.84. The minimum atomic E-state index is -1.04. The number of nitrogens with one attached hydrogen (secondary N) is 1. The van der Waals surface area contributed by atoms with Gasteiger partial charge in [-0.05, 0) is 44.7 Å². The first-order valence-electron chi connectivity index (χ1n) is 7.65. The summed E-state index contributed by atoms with van der Waals surface area (Å²) < 4.78 is 0. The summed E-state index contributed by atoms with van der Waals surface area (Å²) >= 11 is 0. The Morgan fingerprint density at radius 2 is 1.81 bits per heavy atom. The van der Waals surface area contributed by atoms with E-state index >= 15 is 0 Å². The highest BCUT2D eigenvalue weighted by Gasteiger charge is 2.40. The summed E-state index contributed by atoms with van der Waals surface area (Å²) in [5, 5.41) is 2.92. The van der Waals surface area contributed by atoms with Crippen LogP contribution in [0.1, 0.15) is 39.2 Å². The van der Waals surface area contributed by atoms with Gasteiger partial charge >= 0.3 is 0 Å². The van der Waals surface area contributed by atoms with Gasteiger partial charge in [-0.2, -0.15) is 0 Å². The minimum absolute atomic E-state index is 0.0773. The number of anilines is 1. The molecule has 1 heterocycles. The predicted molar refractivity (Wildman–Crippen MR) is 84.0 cm³/mol. The van der Waals surface area contributed by atoms with E-state index in [1.54, 1.807) is 18.7 Å². The fourth-order valence-electron chi connectivity index (χ4n) is 2.64. The van der Waals surface area contributed by atoms with Crippen LogP contribution in [0.25, 0.3) is 0 Å². The van der Waals surface area contributed by atoms with E-state index in [1.807, 2.05) is 31.2 Å². The van der Waals surface area contributed by atoms with Crippen molar-refractivity contribution in [2.75, 3.05) is 18.4 Å². The summed E-state index contributed by atoms with van der Waals surface area (Å²) in [6.07, 6.45) is 2.90. The van der Waals surface area contributed by atoms with Gasteiger partial charge in [0, 0.05) is 18.8 Å². The molecule has 4 heteroatoms. The zero-order chi connectivity index (χ0) is 15.5. The Hall–Kier alpha value is -1.84. The lowest BCUT2D eigenvalue weighted by Gasteiger charge is -2.28. The second-order valence-corrected chi connectivity index (χ2v) is 6.09. The van der Waals surface area contributed by atoms with Crippen LogP contribution in [0, 0.1) is 5.41 Å². The Bertz CT molecular complexity index is 531. The molecule has 1 aliphatic rings. The molecule has 1 N–H and O–H groups in total. The molecule has 21 heavy (non-hydrogen) atoms. The molecule has 0 bridgehead atoms. The lowest BCUT2D eigenvalue weighted by Crippen LogP contribution is -2.46. The van der Waals surface area contributed by atoms with E-state index in [9.17, 15) is 9.59 Å². The van der Waals surface area contributed by atoms with Crippen molar-refractivity contribution in [2.24, 2.45) is 5.41 Å². The van der Waals surface area contributed by atoms with E-state index in [1.165, 1.54) is 0 Å². The highest BCUT2D eigenvalue weighted by molar-refractivity contribution is 6.10. The quantitative estimate of drug-likeness (QED) is 0.866. The number of carbonyl (C=O) groups excluding carboxylic acids is 2. The smallest absolute Gasteiger partial charge is 0.239 e. The minimum Gasteiger partial charge on any atom is -0.342 e. The third kappa shape index (κ3) is 3.26. The van der Waals surface area contributed by atoms with Crippen molar-refractivity contribution in [3.63, 3.8) is 0 Å². The van der Waals surface area contributed by atoms with Gasteiger partial charge in [-0.15, -0.1) is 0 Å². The van der Waals surface area contributed by atoms with Gasteiger partial charge in [0.1, 0.15) is 5.41 Å². The molecule has 0 unspecified atom stereocenters. The molecule has 1 aromatic rings. The van der Waals surface area contributed by atoms with Gasteiger partial charge < -0.3 is 10.2 Å². The summed E-state index contributed by atoms with van der Waals surface area (Å²) in [6, 6.07) is 7.72. The molecule has 1 saturated heterocycles. The Morgan fingerprint density at radius 3 is 2.43 bits per heavy atom. The van der Waals surface area contributed by atoms with Crippen LogP contribution in [0.2, 0.25) is 0 Å². The number of para-hydroxylation sites is 1. The molecule has 1 aromatic carbocycles. The van der Waals surface area contributed by atoms with Crippen molar-refractivity contribution >= 4 is 17.5 Å². The van der Waals surface area contributed by atoms with Crippen molar-refractivity contribution in [3.8, 4) is 0 Å². The Morgan fingerprint density at radius 1 is 1.19 bits per heavy atom. The van der Waals surface area contributed by atoms with Crippen molar-refractivity contribution in [1.82, 2.24) is 4.90 Å². The molecular formula is C17H24N2O2. The van der Waals surface area contributed by atoms with Crippen LogP contribution in [-0.2, 0) is 16.0 Å². The third-order valence-electron chi connectivity index (χ3n) is 4.14. The maximum Gasteiger partial charge on any atom is 0.239 e. The summed E-state index contributed by atoms with van der Waals surface area (Å²) in [5.41, 5.74) is 0.841. The molecule has 0 radical (unpaired) electrons. The fourth-order valence-corrected chi connectivity index (χ4v) is 2.64. The van der Waals surface area contributed by atoms with Gasteiger partial charge in [-0.3, -0.25) is 9.59 Å². The maximum absolute atomic E-state index is 12.5. The Kier molecular flexibility index (Phi) is 4.66. The van der Waals surface area contributed by atoms with Crippen molar-refractivity contribution in [2.45, 2.75) is 40.0 Å². The van der Waals surface area contributed by atoms with Crippen molar-refractivity contribution < 1.29 is 9.59 Å². The van der Waals surface area contributed by atoms with E-state index in [0.29, 0.717) is 0 Å². The number of nitrogens with zero attached hydrogens (tertiary/aromatic N) is 1. The number of amides is 2. The number of benzene rings is 1. The fraction of sp³-hybridized carbons (Fsp3) is 0.529. The lowest BCUT2D eigenvalue weighted by atomic mass is 9.90. The first kappa shape index (κ1) is 15.5. The molecule has 2 rings (SSSR count). The highest BCUT2D eigenvalue weighted by Crippen LogP contribution is 2.25. The van der Waals surface area contributed by atoms with Crippen LogP contribution in [-0.4, -0.2) is 29.8 Å². The Labute approximate surface area is 126 Å². The zero-order valence-corrected chi connectivity index (χ0v) is 13.1. The summed E-state index contributed by atoms with van der Waals surface area (Å²) in [7, 11) is 0. The topological polar surface area (TPSA) is 49.4 Å². The average Bonchev–Trinajstić information content (AvgIpc) is 3.01. The largest absolute Gasteiger partial charge is 0.342 e. The Balaban J connectivity index is 2.12. The summed E-state index contributed by atoms with van der Waals surface area (Å²) in [4.78, 5) is 26.9. The average molecular weight is 288 g/mol. The van der Waals surface area contributed by atoms with Crippen molar-refractivity contribution in [3.05, 3.63) is 29.8 Å². The van der Waals surface area contributed by atoms with Gasteiger partial charge in [0.25, 0.3) is 0 Å². The number of carbonyl (C=O) groups is 2. The molecule has 4 nitrogen and oxygen atoms in total. The van der Waals surface area contributed by atoms with E-state index in [2.05, 4.69) is 5.32 Å². The molecular weight excluding hydrogens is 264 g/mol. The molecule has 0 atom stereocenters. The molecule has 1 aliphatic heterocycles. The van der Waals surface area contributed by atoms with Crippen LogP contribution in [0.4, 0.5) is 5.69 Å². The van der Waals surface area contributed by atoms with Gasteiger partial charge in [-0.1, -0.05) is 25.1 Å². The van der Waals surface area contributed by atoms with Gasteiger partial charge in [0.2, 0.25) is 11.8 Å². The summed E-state index contributed by atoms with van der Waals surface area (Å²) in [5.74, 6) is -0.313. The van der Waals surface area contributed by atoms with Crippen LogP contribution < -0.4 is 5.32 Å². The van der Waals surface area contributed by atoms with E-state index in [4.69, 9.17) is 0 Å². The number of aryl methyl sites for hydroxylation is 1. The number of hydrogen-bond donors (Lipinski definition) is 1. The zero-order valence-electron chi connectivity index (χ0n) is 13.1. The lowest BCUT2D eigenvalue weighted by molar-refractivity contribution is -0.145. The standard InChI is InChI=1S/C17H24N2O2/c1-4-13-9-5-6-10-14(13)18-15(20)17(2,3)16(21)19-11-7-8-12-19/h5-6,9-10H,4,7-8,11-12H2,1-3H3,(H,18,20). The SMILES string of the molecule is CCc1ccccc1NC(=O)C(C)(C)C(=O)N1CCCC1.